The number of sulfonamides is 1. The zero-order valence-corrected chi connectivity index (χ0v) is 22.2. The highest BCUT2D eigenvalue weighted by Crippen LogP contribution is 2.26. The van der Waals surface area contributed by atoms with Crippen molar-refractivity contribution in [3.05, 3.63) is 59.8 Å². The molecule has 10 heteroatoms. The fourth-order valence-corrected chi connectivity index (χ4v) is 5.21. The third-order valence-electron chi connectivity index (χ3n) is 6.20. The number of aryl methyl sites for hydroxylation is 2. The molecule has 1 aromatic heterocycles. The summed E-state index contributed by atoms with van der Waals surface area (Å²) in [6, 6.07) is 13.9. The third-order valence-corrected chi connectivity index (χ3v) is 7.68. The Morgan fingerprint density at radius 3 is 2.31 bits per heavy atom. The van der Waals surface area contributed by atoms with E-state index < -0.39 is 10.0 Å². The van der Waals surface area contributed by atoms with Crippen LogP contribution in [0.25, 0.3) is 0 Å². The Balaban J connectivity index is 1.46. The topological polar surface area (TPSA) is 102 Å². The van der Waals surface area contributed by atoms with Gasteiger partial charge in [0.1, 0.15) is 5.82 Å². The number of rotatable bonds is 9. The molecule has 2 heterocycles. The van der Waals surface area contributed by atoms with Gasteiger partial charge in [-0.2, -0.15) is 4.98 Å². The van der Waals surface area contributed by atoms with Gasteiger partial charge >= 0.3 is 0 Å². The minimum absolute atomic E-state index is 0.0838. The third kappa shape index (κ3) is 6.64. The summed E-state index contributed by atoms with van der Waals surface area (Å²) in [4.78, 5) is 13.8. The minimum Gasteiger partial charge on any atom is -0.369 e. The van der Waals surface area contributed by atoms with Gasteiger partial charge in [-0.25, -0.2) is 13.4 Å². The SMILES string of the molecule is CCCS(=O)(=O)Nc1cc(Nc2nc(Nc3ccc(N4CCN(C)CC4)cc3)ncc2C)ccc1C. The van der Waals surface area contributed by atoms with Crippen molar-refractivity contribution in [3.8, 4) is 0 Å². The minimum atomic E-state index is -3.38. The molecular formula is C26H35N7O2S. The van der Waals surface area contributed by atoms with Gasteiger partial charge in [0.15, 0.2) is 0 Å². The van der Waals surface area contributed by atoms with Crippen molar-refractivity contribution in [2.24, 2.45) is 0 Å². The molecule has 4 rings (SSSR count). The van der Waals surface area contributed by atoms with Crippen LogP contribution in [0.5, 0.6) is 0 Å². The van der Waals surface area contributed by atoms with Crippen molar-refractivity contribution in [1.82, 2.24) is 14.9 Å². The lowest BCUT2D eigenvalue weighted by Crippen LogP contribution is -2.44. The standard InChI is InChI=1S/C26H35N7O2S/c1-5-16-36(34,35)31-24-17-22(7-6-19(24)2)28-25-20(3)18-27-26(30-25)29-21-8-10-23(11-9-21)33-14-12-32(4)13-15-33/h6-11,17-18,31H,5,12-16H2,1-4H3,(H2,27,28,29,30). The van der Waals surface area contributed by atoms with Crippen molar-refractivity contribution >= 4 is 44.5 Å². The van der Waals surface area contributed by atoms with Crippen LogP contribution in [0, 0.1) is 13.8 Å². The second-order valence-corrected chi connectivity index (χ2v) is 11.1. The lowest BCUT2D eigenvalue weighted by molar-refractivity contribution is 0.313. The zero-order valence-electron chi connectivity index (χ0n) is 21.4. The number of aromatic nitrogens is 2. The lowest BCUT2D eigenvalue weighted by atomic mass is 10.2. The smallest absolute Gasteiger partial charge is 0.232 e. The van der Waals surface area contributed by atoms with Gasteiger partial charge in [-0.15, -0.1) is 0 Å². The van der Waals surface area contributed by atoms with Gasteiger partial charge in [-0.3, -0.25) is 4.72 Å². The summed E-state index contributed by atoms with van der Waals surface area (Å²) in [6.45, 7) is 9.84. The normalized spacial score (nSPS) is 14.5. The highest BCUT2D eigenvalue weighted by molar-refractivity contribution is 7.92. The fourth-order valence-electron chi connectivity index (χ4n) is 4.01. The van der Waals surface area contributed by atoms with Gasteiger partial charge in [-0.1, -0.05) is 13.0 Å². The maximum absolute atomic E-state index is 12.3. The largest absolute Gasteiger partial charge is 0.369 e. The summed E-state index contributed by atoms with van der Waals surface area (Å²) in [5, 5.41) is 6.58. The van der Waals surface area contributed by atoms with E-state index in [1.807, 2.05) is 45.0 Å². The molecular weight excluding hydrogens is 474 g/mol. The zero-order chi connectivity index (χ0) is 25.7. The molecule has 1 saturated heterocycles. The molecule has 0 saturated carbocycles. The van der Waals surface area contributed by atoms with E-state index in [1.165, 1.54) is 5.69 Å². The number of anilines is 6. The van der Waals surface area contributed by atoms with Crippen LogP contribution >= 0.6 is 0 Å². The molecule has 0 radical (unpaired) electrons. The molecule has 2 aromatic carbocycles. The molecule has 1 aliphatic heterocycles. The summed E-state index contributed by atoms with van der Waals surface area (Å²) in [5.74, 6) is 1.21. The molecule has 1 aliphatic rings. The van der Waals surface area contributed by atoms with E-state index in [2.05, 4.69) is 54.3 Å². The van der Waals surface area contributed by atoms with Gasteiger partial charge in [0.25, 0.3) is 0 Å². The molecule has 0 amide bonds. The summed E-state index contributed by atoms with van der Waals surface area (Å²) < 4.78 is 27.2. The van der Waals surface area contributed by atoms with E-state index in [0.717, 1.165) is 48.7 Å². The lowest BCUT2D eigenvalue weighted by Gasteiger charge is -2.34. The quantitative estimate of drug-likeness (QED) is 0.388. The average Bonchev–Trinajstić information content (AvgIpc) is 2.84. The van der Waals surface area contributed by atoms with Crippen LogP contribution in [-0.2, 0) is 10.0 Å². The monoisotopic (exact) mass is 509 g/mol. The Kier molecular flexibility index (Phi) is 7.95. The van der Waals surface area contributed by atoms with Gasteiger partial charge in [0, 0.05) is 55.0 Å². The highest BCUT2D eigenvalue weighted by atomic mass is 32.2. The number of piperazine rings is 1. The molecule has 0 unspecified atom stereocenters. The molecule has 3 aromatic rings. The van der Waals surface area contributed by atoms with Crippen molar-refractivity contribution in [3.63, 3.8) is 0 Å². The number of benzene rings is 2. The van der Waals surface area contributed by atoms with Crippen LogP contribution in [0.15, 0.2) is 48.7 Å². The maximum atomic E-state index is 12.3. The first-order chi connectivity index (χ1) is 17.2. The molecule has 0 bridgehead atoms. The highest BCUT2D eigenvalue weighted by Gasteiger charge is 2.15. The van der Waals surface area contributed by atoms with Crippen LogP contribution in [0.1, 0.15) is 24.5 Å². The van der Waals surface area contributed by atoms with Gasteiger partial charge in [0.05, 0.1) is 11.4 Å². The number of hydrogen-bond acceptors (Lipinski definition) is 8. The van der Waals surface area contributed by atoms with Crippen LogP contribution in [0.2, 0.25) is 0 Å². The van der Waals surface area contributed by atoms with E-state index in [4.69, 9.17) is 0 Å². The van der Waals surface area contributed by atoms with Gasteiger partial charge < -0.3 is 20.4 Å². The summed E-state index contributed by atoms with van der Waals surface area (Å²) in [6.07, 6.45) is 2.32. The molecule has 0 spiro atoms. The van der Waals surface area contributed by atoms with E-state index in [0.29, 0.717) is 23.9 Å². The molecule has 3 N–H and O–H groups in total. The van der Waals surface area contributed by atoms with Crippen molar-refractivity contribution < 1.29 is 8.42 Å². The second kappa shape index (κ2) is 11.1. The first kappa shape index (κ1) is 25.7. The van der Waals surface area contributed by atoms with E-state index in [-0.39, 0.29) is 5.75 Å². The molecule has 9 nitrogen and oxygen atoms in total. The first-order valence-corrected chi connectivity index (χ1v) is 13.9. The van der Waals surface area contributed by atoms with Crippen molar-refractivity contribution in [1.29, 1.82) is 0 Å². The number of hydrogen-bond donors (Lipinski definition) is 3. The molecule has 1 fully saturated rings. The number of likely N-dealkylation sites (N-methyl/N-ethyl adjacent to an activating group) is 1. The fraction of sp³-hybridized carbons (Fsp3) is 0.385. The van der Waals surface area contributed by atoms with E-state index in [1.54, 1.807) is 12.3 Å². The predicted molar refractivity (Wildman–Crippen MR) is 148 cm³/mol. The molecule has 0 atom stereocenters. The molecule has 36 heavy (non-hydrogen) atoms. The molecule has 0 aliphatic carbocycles. The number of nitrogens with zero attached hydrogens (tertiary/aromatic N) is 4. The predicted octanol–water partition coefficient (Wildman–Crippen LogP) is 4.48. The number of nitrogens with one attached hydrogen (secondary N) is 3. The van der Waals surface area contributed by atoms with Gasteiger partial charge in [0.2, 0.25) is 16.0 Å². The van der Waals surface area contributed by atoms with Gasteiger partial charge in [-0.05, 0) is 69.3 Å². The first-order valence-electron chi connectivity index (χ1n) is 12.2. The maximum Gasteiger partial charge on any atom is 0.232 e. The van der Waals surface area contributed by atoms with Crippen molar-refractivity contribution in [2.75, 3.05) is 59.2 Å². The Hall–Kier alpha value is -3.37. The Labute approximate surface area is 214 Å². The summed E-state index contributed by atoms with van der Waals surface area (Å²) >= 11 is 0. The van der Waals surface area contributed by atoms with Crippen LogP contribution < -0.4 is 20.3 Å². The average molecular weight is 510 g/mol. The Morgan fingerprint density at radius 1 is 0.917 bits per heavy atom. The molecule has 192 valence electrons. The summed E-state index contributed by atoms with van der Waals surface area (Å²) in [5.41, 5.74) is 5.14. The van der Waals surface area contributed by atoms with E-state index in [9.17, 15) is 8.42 Å². The Bertz CT molecular complexity index is 1290. The van der Waals surface area contributed by atoms with Crippen LogP contribution in [0.4, 0.5) is 34.5 Å². The summed E-state index contributed by atoms with van der Waals surface area (Å²) in [7, 11) is -1.22. The van der Waals surface area contributed by atoms with Crippen molar-refractivity contribution in [2.45, 2.75) is 27.2 Å². The van der Waals surface area contributed by atoms with Crippen LogP contribution in [-0.4, -0.2) is 62.3 Å². The van der Waals surface area contributed by atoms with Crippen LogP contribution in [0.3, 0.4) is 0 Å². The Morgan fingerprint density at radius 2 is 1.61 bits per heavy atom. The second-order valence-electron chi connectivity index (χ2n) is 9.26. The van der Waals surface area contributed by atoms with E-state index >= 15 is 0 Å².